The van der Waals surface area contributed by atoms with Gasteiger partial charge in [0.05, 0.1) is 6.04 Å². The molecule has 1 aromatic heterocycles. The lowest BCUT2D eigenvalue weighted by atomic mass is 10.2. The van der Waals surface area contributed by atoms with Crippen molar-refractivity contribution >= 4 is 6.09 Å². The van der Waals surface area contributed by atoms with Gasteiger partial charge in [-0.3, -0.25) is 0 Å². The monoisotopic (exact) mass is 240 g/mol. The van der Waals surface area contributed by atoms with Crippen molar-refractivity contribution in [3.63, 3.8) is 0 Å². The normalized spacial score (nSPS) is 19.4. The maximum atomic E-state index is 13.2. The number of hydrogen-bond acceptors (Lipinski definition) is 3. The van der Waals surface area contributed by atoms with Gasteiger partial charge in [0, 0.05) is 12.7 Å². The third-order valence-electron chi connectivity index (χ3n) is 2.78. The van der Waals surface area contributed by atoms with Crippen LogP contribution in [0.5, 0.6) is 5.75 Å². The first-order valence-corrected chi connectivity index (χ1v) is 5.41. The molecular formula is C11H13FN2O3. The molecule has 0 aromatic carbocycles. The summed E-state index contributed by atoms with van der Waals surface area (Å²) in [5.41, 5.74) is 0. The van der Waals surface area contributed by atoms with Crippen molar-refractivity contribution in [3.8, 4) is 5.75 Å². The smallest absolute Gasteiger partial charge is 0.407 e. The largest absolute Gasteiger partial charge is 0.487 e. The second kappa shape index (κ2) is 4.99. The fraction of sp³-hybridized carbons (Fsp3) is 0.455. The molecule has 92 valence electrons. The number of hydrogen-bond donors (Lipinski definition) is 1. The Kier molecular flexibility index (Phi) is 3.41. The molecule has 1 atom stereocenters. The molecule has 1 amide bonds. The van der Waals surface area contributed by atoms with Gasteiger partial charge in [-0.2, -0.15) is 4.39 Å². The Balaban J connectivity index is 1.94. The van der Waals surface area contributed by atoms with Crippen LogP contribution >= 0.6 is 0 Å². The summed E-state index contributed by atoms with van der Waals surface area (Å²) in [6.45, 7) is 0.674. The van der Waals surface area contributed by atoms with Gasteiger partial charge in [-0.25, -0.2) is 9.78 Å². The molecule has 5 nitrogen and oxygen atoms in total. The van der Waals surface area contributed by atoms with Gasteiger partial charge < -0.3 is 14.7 Å². The van der Waals surface area contributed by atoms with Crippen molar-refractivity contribution in [2.75, 3.05) is 13.2 Å². The third-order valence-corrected chi connectivity index (χ3v) is 2.78. The van der Waals surface area contributed by atoms with Crippen LogP contribution in [0.1, 0.15) is 12.8 Å². The minimum atomic E-state index is -0.956. The number of likely N-dealkylation sites (tertiary alicyclic amines) is 1. The number of ether oxygens (including phenoxy) is 1. The highest BCUT2D eigenvalue weighted by Crippen LogP contribution is 2.20. The first kappa shape index (κ1) is 11.6. The number of pyridine rings is 1. The maximum absolute atomic E-state index is 13.2. The van der Waals surface area contributed by atoms with E-state index in [0.29, 0.717) is 6.54 Å². The molecule has 1 aromatic rings. The zero-order valence-corrected chi connectivity index (χ0v) is 9.17. The molecule has 0 bridgehead atoms. The number of carbonyl (C=O) groups is 1. The van der Waals surface area contributed by atoms with Gasteiger partial charge in [0.2, 0.25) is 0 Å². The molecule has 17 heavy (non-hydrogen) atoms. The zero-order chi connectivity index (χ0) is 12.3. The SMILES string of the molecule is O=C(O)N1CCC[C@H]1COc1cccnc1F. The molecule has 2 heterocycles. The predicted octanol–water partition coefficient (Wildman–Crippen LogP) is 1.74. The number of aromatic nitrogens is 1. The Morgan fingerprint density at radius 1 is 1.71 bits per heavy atom. The summed E-state index contributed by atoms with van der Waals surface area (Å²) in [6, 6.07) is 2.84. The van der Waals surface area contributed by atoms with E-state index in [4.69, 9.17) is 9.84 Å². The summed E-state index contributed by atoms with van der Waals surface area (Å²) in [5, 5.41) is 8.92. The molecule has 1 saturated heterocycles. The first-order valence-electron chi connectivity index (χ1n) is 5.41. The van der Waals surface area contributed by atoms with Crippen LogP contribution in [0.3, 0.4) is 0 Å². The lowest BCUT2D eigenvalue weighted by Gasteiger charge is -2.21. The Morgan fingerprint density at radius 2 is 2.53 bits per heavy atom. The van der Waals surface area contributed by atoms with Crippen LogP contribution in [0, 0.1) is 5.95 Å². The Hall–Kier alpha value is -1.85. The molecule has 1 N–H and O–H groups in total. The van der Waals surface area contributed by atoms with Gasteiger partial charge in [-0.05, 0) is 25.0 Å². The third kappa shape index (κ3) is 2.64. The van der Waals surface area contributed by atoms with E-state index < -0.39 is 12.0 Å². The molecule has 1 aliphatic rings. The van der Waals surface area contributed by atoms with Crippen molar-refractivity contribution in [1.82, 2.24) is 9.88 Å². The van der Waals surface area contributed by atoms with Crippen LogP contribution in [0.2, 0.25) is 0 Å². The lowest BCUT2D eigenvalue weighted by molar-refractivity contribution is 0.122. The van der Waals surface area contributed by atoms with Crippen LogP contribution in [0.4, 0.5) is 9.18 Å². The van der Waals surface area contributed by atoms with E-state index in [1.54, 1.807) is 6.07 Å². The topological polar surface area (TPSA) is 62.7 Å². The van der Waals surface area contributed by atoms with Crippen LogP contribution in [-0.2, 0) is 0 Å². The summed E-state index contributed by atoms with van der Waals surface area (Å²) in [4.78, 5) is 15.7. The van der Waals surface area contributed by atoms with Crippen LogP contribution in [0.15, 0.2) is 18.3 Å². The zero-order valence-electron chi connectivity index (χ0n) is 9.17. The first-order chi connectivity index (χ1) is 8.18. The molecule has 0 radical (unpaired) electrons. The fourth-order valence-corrected chi connectivity index (χ4v) is 1.93. The van der Waals surface area contributed by atoms with Crippen molar-refractivity contribution in [2.24, 2.45) is 0 Å². The van der Waals surface area contributed by atoms with Crippen molar-refractivity contribution < 1.29 is 19.0 Å². The molecule has 1 fully saturated rings. The van der Waals surface area contributed by atoms with E-state index in [-0.39, 0.29) is 18.4 Å². The second-order valence-electron chi connectivity index (χ2n) is 3.88. The number of amides is 1. The highest BCUT2D eigenvalue weighted by atomic mass is 19.1. The van der Waals surface area contributed by atoms with Gasteiger partial charge >= 0.3 is 6.09 Å². The molecule has 6 heteroatoms. The van der Waals surface area contributed by atoms with Gasteiger partial charge in [-0.1, -0.05) is 0 Å². The van der Waals surface area contributed by atoms with E-state index in [1.165, 1.54) is 17.2 Å². The van der Waals surface area contributed by atoms with Gasteiger partial charge in [-0.15, -0.1) is 0 Å². The van der Waals surface area contributed by atoms with Crippen molar-refractivity contribution in [1.29, 1.82) is 0 Å². The summed E-state index contributed by atoms with van der Waals surface area (Å²) in [5.74, 6) is -0.614. The molecular weight excluding hydrogens is 227 g/mol. The predicted molar refractivity (Wildman–Crippen MR) is 57.4 cm³/mol. The van der Waals surface area contributed by atoms with E-state index >= 15 is 0 Å². The number of rotatable bonds is 3. The molecule has 2 rings (SSSR count). The average Bonchev–Trinajstić information content (AvgIpc) is 2.76. The van der Waals surface area contributed by atoms with E-state index in [9.17, 15) is 9.18 Å². The number of nitrogens with zero attached hydrogens (tertiary/aromatic N) is 2. The highest BCUT2D eigenvalue weighted by molar-refractivity contribution is 5.65. The second-order valence-corrected chi connectivity index (χ2v) is 3.88. The minimum Gasteiger partial charge on any atom is -0.487 e. The van der Waals surface area contributed by atoms with Crippen molar-refractivity contribution in [2.45, 2.75) is 18.9 Å². The van der Waals surface area contributed by atoms with E-state index in [1.807, 2.05) is 0 Å². The summed E-state index contributed by atoms with van der Waals surface area (Å²) in [7, 11) is 0. The standard InChI is InChI=1S/C11H13FN2O3/c12-10-9(4-1-5-13-10)17-7-8-3-2-6-14(8)11(15)16/h1,4-5,8H,2-3,6-7H2,(H,15,16)/t8-/m0/s1. The fourth-order valence-electron chi connectivity index (χ4n) is 1.93. The summed E-state index contributed by atoms with van der Waals surface area (Å²) in [6.07, 6.45) is 1.94. The molecule has 0 unspecified atom stereocenters. The number of carboxylic acid groups (broad SMARTS) is 1. The van der Waals surface area contributed by atoms with Crippen molar-refractivity contribution in [3.05, 3.63) is 24.3 Å². The van der Waals surface area contributed by atoms with E-state index in [2.05, 4.69) is 4.98 Å². The van der Waals surface area contributed by atoms with Gasteiger partial charge in [0.25, 0.3) is 5.95 Å². The Bertz CT molecular complexity index is 413. The Morgan fingerprint density at radius 3 is 3.24 bits per heavy atom. The quantitative estimate of drug-likeness (QED) is 0.817. The molecule has 1 aliphatic heterocycles. The van der Waals surface area contributed by atoms with Crippen LogP contribution in [-0.4, -0.2) is 40.3 Å². The van der Waals surface area contributed by atoms with Crippen LogP contribution < -0.4 is 4.74 Å². The van der Waals surface area contributed by atoms with E-state index in [0.717, 1.165) is 12.8 Å². The Labute approximate surface area is 97.8 Å². The lowest BCUT2D eigenvalue weighted by Crippen LogP contribution is -2.38. The average molecular weight is 240 g/mol. The minimum absolute atomic E-state index is 0.0599. The number of halogens is 1. The van der Waals surface area contributed by atoms with Gasteiger partial charge in [0.15, 0.2) is 5.75 Å². The highest BCUT2D eigenvalue weighted by Gasteiger charge is 2.29. The maximum Gasteiger partial charge on any atom is 0.407 e. The molecule has 0 saturated carbocycles. The molecule has 0 spiro atoms. The van der Waals surface area contributed by atoms with Gasteiger partial charge in [0.1, 0.15) is 6.61 Å². The van der Waals surface area contributed by atoms with Crippen LogP contribution in [0.25, 0.3) is 0 Å². The summed E-state index contributed by atoms with van der Waals surface area (Å²) >= 11 is 0. The molecule has 0 aliphatic carbocycles. The summed E-state index contributed by atoms with van der Waals surface area (Å²) < 4.78 is 18.4.